The second-order valence-electron chi connectivity index (χ2n) is 6.64. The highest BCUT2D eigenvalue weighted by Gasteiger charge is 2.28. The molecule has 0 bridgehead atoms. The van der Waals surface area contributed by atoms with Gasteiger partial charge in [0.2, 0.25) is 5.91 Å². The zero-order chi connectivity index (χ0) is 20.0. The molecule has 0 atom stereocenters. The Kier molecular flexibility index (Phi) is 7.47. The van der Waals surface area contributed by atoms with Gasteiger partial charge in [0.1, 0.15) is 5.75 Å². The van der Waals surface area contributed by atoms with Crippen LogP contribution in [0, 0.1) is 5.92 Å². The van der Waals surface area contributed by atoms with Crippen LogP contribution in [0.25, 0.3) is 0 Å². The Morgan fingerprint density at radius 2 is 1.96 bits per heavy atom. The maximum atomic E-state index is 12.8. The fourth-order valence-electron chi connectivity index (χ4n) is 2.96. The highest BCUT2D eigenvalue weighted by atomic mass is 35.5. The summed E-state index contributed by atoms with van der Waals surface area (Å²) in [4.78, 5) is 39.2. The molecular weight excluding hydrogens is 372 g/mol. The molecule has 1 aliphatic heterocycles. The van der Waals surface area contributed by atoms with Gasteiger partial charge in [-0.3, -0.25) is 14.4 Å². The lowest BCUT2D eigenvalue weighted by Crippen LogP contribution is -2.45. The minimum absolute atomic E-state index is 0.0870. The number of likely N-dealkylation sites (N-methyl/N-ethyl adjacent to an activating group) is 1. The molecule has 1 fully saturated rings. The van der Waals surface area contributed by atoms with E-state index in [9.17, 15) is 14.4 Å². The predicted octanol–water partition coefficient (Wildman–Crippen LogP) is 2.52. The molecule has 1 N–H and O–H groups in total. The molecule has 0 saturated carbocycles. The Labute approximate surface area is 163 Å². The number of hydrogen-bond donors (Lipinski definition) is 1. The minimum atomic E-state index is -0.824. The summed E-state index contributed by atoms with van der Waals surface area (Å²) in [6.07, 6.45) is 1.67. The fourth-order valence-corrected chi connectivity index (χ4v) is 3.14. The molecule has 27 heavy (non-hydrogen) atoms. The monoisotopic (exact) mass is 396 g/mol. The van der Waals surface area contributed by atoms with Gasteiger partial charge in [-0.15, -0.1) is 0 Å². The standard InChI is InChI=1S/C19H25ClN2O5/c1-3-10-27-16-5-4-14(20)11-15(16)18(24)21(2)12-17(23)22-8-6-13(7-9-22)19(25)26/h4-5,11,13H,3,6-10,12H2,1-2H3,(H,25,26). The van der Waals surface area contributed by atoms with Crippen molar-refractivity contribution in [2.75, 3.05) is 33.3 Å². The van der Waals surface area contributed by atoms with Gasteiger partial charge >= 0.3 is 5.97 Å². The number of benzene rings is 1. The largest absolute Gasteiger partial charge is 0.493 e. The minimum Gasteiger partial charge on any atom is -0.493 e. The average molecular weight is 397 g/mol. The van der Waals surface area contributed by atoms with Crippen LogP contribution in [0.1, 0.15) is 36.5 Å². The molecule has 0 aliphatic carbocycles. The number of carboxylic acid groups (broad SMARTS) is 1. The number of halogens is 1. The van der Waals surface area contributed by atoms with Gasteiger partial charge in [0.25, 0.3) is 5.91 Å². The van der Waals surface area contributed by atoms with E-state index < -0.39 is 11.9 Å². The summed E-state index contributed by atoms with van der Waals surface area (Å²) < 4.78 is 5.61. The van der Waals surface area contributed by atoms with Crippen LogP contribution in [0.15, 0.2) is 18.2 Å². The lowest BCUT2D eigenvalue weighted by atomic mass is 9.97. The third-order valence-corrected chi connectivity index (χ3v) is 4.78. The third-order valence-electron chi connectivity index (χ3n) is 4.55. The number of carbonyl (C=O) groups is 3. The van der Waals surface area contributed by atoms with E-state index in [2.05, 4.69) is 0 Å². The number of aliphatic carboxylic acids is 1. The summed E-state index contributed by atoms with van der Waals surface area (Å²) >= 11 is 6.02. The third kappa shape index (κ3) is 5.60. The van der Waals surface area contributed by atoms with Crippen molar-refractivity contribution in [1.29, 1.82) is 0 Å². The first-order valence-corrected chi connectivity index (χ1v) is 9.39. The molecule has 2 amide bonds. The first-order chi connectivity index (χ1) is 12.8. The van der Waals surface area contributed by atoms with Crippen molar-refractivity contribution < 1.29 is 24.2 Å². The predicted molar refractivity (Wildman–Crippen MR) is 101 cm³/mol. The van der Waals surface area contributed by atoms with Crippen molar-refractivity contribution in [3.05, 3.63) is 28.8 Å². The molecule has 0 radical (unpaired) electrons. The van der Waals surface area contributed by atoms with Gasteiger partial charge < -0.3 is 19.6 Å². The van der Waals surface area contributed by atoms with E-state index in [-0.39, 0.29) is 18.4 Å². The smallest absolute Gasteiger partial charge is 0.306 e. The molecular formula is C19H25ClN2O5. The van der Waals surface area contributed by atoms with E-state index in [1.165, 1.54) is 11.0 Å². The highest BCUT2D eigenvalue weighted by Crippen LogP contribution is 2.25. The van der Waals surface area contributed by atoms with Crippen LogP contribution >= 0.6 is 11.6 Å². The van der Waals surface area contributed by atoms with Gasteiger partial charge in [0, 0.05) is 25.2 Å². The zero-order valence-electron chi connectivity index (χ0n) is 15.6. The Bertz CT molecular complexity index is 701. The maximum absolute atomic E-state index is 12.8. The number of likely N-dealkylation sites (tertiary alicyclic amines) is 1. The first-order valence-electron chi connectivity index (χ1n) is 9.01. The fraction of sp³-hybridized carbons (Fsp3) is 0.526. The number of carbonyl (C=O) groups excluding carboxylic acids is 2. The second-order valence-corrected chi connectivity index (χ2v) is 7.08. The van der Waals surface area contributed by atoms with Crippen molar-refractivity contribution in [1.82, 2.24) is 9.80 Å². The molecule has 0 unspecified atom stereocenters. The Morgan fingerprint density at radius 1 is 1.30 bits per heavy atom. The zero-order valence-corrected chi connectivity index (χ0v) is 16.4. The molecule has 0 spiro atoms. The maximum Gasteiger partial charge on any atom is 0.306 e. The van der Waals surface area contributed by atoms with Gasteiger partial charge in [0.15, 0.2) is 0 Å². The average Bonchev–Trinajstić information content (AvgIpc) is 2.66. The van der Waals surface area contributed by atoms with E-state index in [0.29, 0.717) is 48.9 Å². The van der Waals surface area contributed by atoms with Gasteiger partial charge in [-0.25, -0.2) is 0 Å². The number of hydrogen-bond acceptors (Lipinski definition) is 4. The summed E-state index contributed by atoms with van der Waals surface area (Å²) in [6, 6.07) is 4.84. The van der Waals surface area contributed by atoms with Gasteiger partial charge in [0.05, 0.1) is 24.6 Å². The van der Waals surface area contributed by atoms with Crippen LogP contribution in [0.2, 0.25) is 5.02 Å². The lowest BCUT2D eigenvalue weighted by Gasteiger charge is -2.31. The van der Waals surface area contributed by atoms with Crippen molar-refractivity contribution in [2.45, 2.75) is 26.2 Å². The van der Waals surface area contributed by atoms with Crippen LogP contribution in [-0.2, 0) is 9.59 Å². The number of rotatable bonds is 7. The van der Waals surface area contributed by atoms with Gasteiger partial charge in [-0.1, -0.05) is 18.5 Å². The van der Waals surface area contributed by atoms with Crippen LogP contribution in [0.5, 0.6) is 5.75 Å². The number of nitrogens with zero attached hydrogens (tertiary/aromatic N) is 2. The van der Waals surface area contributed by atoms with E-state index >= 15 is 0 Å². The summed E-state index contributed by atoms with van der Waals surface area (Å²) in [6.45, 7) is 3.13. The molecule has 1 saturated heterocycles. The van der Waals surface area contributed by atoms with Gasteiger partial charge in [-0.2, -0.15) is 0 Å². The lowest BCUT2D eigenvalue weighted by molar-refractivity contribution is -0.145. The molecule has 1 heterocycles. The molecule has 0 aromatic heterocycles. The summed E-state index contributed by atoms with van der Waals surface area (Å²) in [5.41, 5.74) is 0.316. The molecule has 7 nitrogen and oxygen atoms in total. The van der Waals surface area contributed by atoms with Crippen molar-refractivity contribution in [3.8, 4) is 5.75 Å². The highest BCUT2D eigenvalue weighted by molar-refractivity contribution is 6.31. The van der Waals surface area contributed by atoms with E-state index in [0.717, 1.165) is 6.42 Å². The number of piperidine rings is 1. The number of carboxylic acids is 1. The molecule has 1 aromatic carbocycles. The van der Waals surface area contributed by atoms with Crippen molar-refractivity contribution >= 4 is 29.4 Å². The van der Waals surface area contributed by atoms with E-state index in [1.54, 1.807) is 24.1 Å². The SMILES string of the molecule is CCCOc1ccc(Cl)cc1C(=O)N(C)CC(=O)N1CCC(C(=O)O)CC1. The number of ether oxygens (including phenoxy) is 1. The molecule has 148 valence electrons. The van der Waals surface area contributed by atoms with E-state index in [1.807, 2.05) is 6.92 Å². The van der Waals surface area contributed by atoms with Crippen LogP contribution in [0.4, 0.5) is 0 Å². The Hall–Kier alpha value is -2.28. The number of amides is 2. The summed E-state index contributed by atoms with van der Waals surface area (Å²) in [7, 11) is 1.55. The Morgan fingerprint density at radius 3 is 2.56 bits per heavy atom. The summed E-state index contributed by atoms with van der Waals surface area (Å²) in [5, 5.41) is 9.45. The van der Waals surface area contributed by atoms with Crippen LogP contribution < -0.4 is 4.74 Å². The first kappa shape index (κ1) is 21.0. The summed E-state index contributed by atoms with van der Waals surface area (Å²) in [5.74, 6) is -1.34. The normalized spacial score (nSPS) is 14.7. The van der Waals surface area contributed by atoms with Gasteiger partial charge in [-0.05, 0) is 37.5 Å². The molecule has 1 aliphatic rings. The Balaban J connectivity index is 2.00. The van der Waals surface area contributed by atoms with Crippen molar-refractivity contribution in [3.63, 3.8) is 0 Å². The molecule has 1 aromatic rings. The van der Waals surface area contributed by atoms with Crippen molar-refractivity contribution in [2.24, 2.45) is 5.92 Å². The van der Waals surface area contributed by atoms with E-state index in [4.69, 9.17) is 21.4 Å². The quantitative estimate of drug-likeness (QED) is 0.765. The van der Waals surface area contributed by atoms with Crippen LogP contribution in [-0.4, -0.2) is 66.0 Å². The molecule has 2 rings (SSSR count). The topological polar surface area (TPSA) is 87.2 Å². The molecule has 8 heteroatoms. The van der Waals surface area contributed by atoms with Crippen LogP contribution in [0.3, 0.4) is 0 Å². The second kappa shape index (κ2) is 9.60.